The number of aryl methyl sites for hydroxylation is 1. The van der Waals surface area contributed by atoms with Gasteiger partial charge in [-0.1, -0.05) is 25.4 Å². The van der Waals surface area contributed by atoms with E-state index in [1.165, 1.54) is 12.1 Å². The first-order chi connectivity index (χ1) is 10.7. The average molecular weight is 354 g/mol. The Bertz CT molecular complexity index is 799. The van der Waals surface area contributed by atoms with E-state index < -0.39 is 10.0 Å². The predicted molar refractivity (Wildman–Crippen MR) is 94.1 cm³/mol. The molecular weight excluding hydrogens is 334 g/mol. The quantitative estimate of drug-likeness (QED) is 0.855. The van der Waals surface area contributed by atoms with E-state index in [-0.39, 0.29) is 10.8 Å². The van der Waals surface area contributed by atoms with E-state index in [9.17, 15) is 8.42 Å². The molecule has 124 valence electrons. The molecule has 0 aromatic heterocycles. The van der Waals surface area contributed by atoms with Gasteiger partial charge in [0.2, 0.25) is 0 Å². The third-order valence-electron chi connectivity index (χ3n) is 3.57. The second-order valence-corrected chi connectivity index (χ2v) is 7.74. The number of hydrogen-bond acceptors (Lipinski definition) is 3. The monoisotopic (exact) mass is 353 g/mol. The van der Waals surface area contributed by atoms with Crippen molar-refractivity contribution in [2.45, 2.75) is 31.6 Å². The van der Waals surface area contributed by atoms with Crippen LogP contribution in [0.5, 0.6) is 5.75 Å². The lowest BCUT2D eigenvalue weighted by Gasteiger charge is -2.17. The number of benzene rings is 2. The fraction of sp³-hybridized carbons (Fsp3) is 0.294. The summed E-state index contributed by atoms with van der Waals surface area (Å²) < 4.78 is 33.1. The summed E-state index contributed by atoms with van der Waals surface area (Å²) in [5.41, 5.74) is 2.29. The Morgan fingerprint density at radius 3 is 2.26 bits per heavy atom. The summed E-state index contributed by atoms with van der Waals surface area (Å²) >= 11 is 5.81. The van der Waals surface area contributed by atoms with Crippen molar-refractivity contribution in [2.24, 2.45) is 0 Å². The van der Waals surface area contributed by atoms with Gasteiger partial charge in [0.15, 0.2) is 0 Å². The molecule has 0 saturated carbocycles. The van der Waals surface area contributed by atoms with Crippen molar-refractivity contribution in [1.29, 1.82) is 0 Å². The van der Waals surface area contributed by atoms with Crippen LogP contribution in [0.1, 0.15) is 30.9 Å². The van der Waals surface area contributed by atoms with Crippen LogP contribution in [0.15, 0.2) is 41.3 Å². The largest absolute Gasteiger partial charge is 0.496 e. The Kier molecular flexibility index (Phi) is 5.22. The van der Waals surface area contributed by atoms with E-state index in [0.717, 1.165) is 16.9 Å². The zero-order valence-electron chi connectivity index (χ0n) is 13.6. The molecule has 0 amide bonds. The second kappa shape index (κ2) is 6.81. The Hall–Kier alpha value is -1.72. The minimum atomic E-state index is -3.66. The summed E-state index contributed by atoms with van der Waals surface area (Å²) in [5, 5.41) is 0.492. The highest BCUT2D eigenvalue weighted by atomic mass is 35.5. The molecule has 0 aliphatic rings. The van der Waals surface area contributed by atoms with Crippen molar-refractivity contribution in [3.8, 4) is 5.75 Å². The zero-order valence-corrected chi connectivity index (χ0v) is 15.1. The number of anilines is 1. The van der Waals surface area contributed by atoms with Crippen molar-refractivity contribution >= 4 is 27.3 Å². The van der Waals surface area contributed by atoms with Gasteiger partial charge in [0.1, 0.15) is 5.75 Å². The predicted octanol–water partition coefficient (Wildman–Crippen LogP) is 4.58. The van der Waals surface area contributed by atoms with Crippen LogP contribution in [0.25, 0.3) is 0 Å². The summed E-state index contributed by atoms with van der Waals surface area (Å²) in [5.74, 6) is 0.969. The maximum Gasteiger partial charge on any atom is 0.261 e. The van der Waals surface area contributed by atoms with Gasteiger partial charge in [-0.05, 0) is 60.4 Å². The van der Waals surface area contributed by atoms with Gasteiger partial charge >= 0.3 is 0 Å². The molecule has 6 heteroatoms. The van der Waals surface area contributed by atoms with Gasteiger partial charge < -0.3 is 4.74 Å². The molecule has 0 unspecified atom stereocenters. The van der Waals surface area contributed by atoms with Crippen LogP contribution in [0, 0.1) is 6.92 Å². The Morgan fingerprint density at radius 1 is 1.13 bits per heavy atom. The number of nitrogens with one attached hydrogen (secondary N) is 1. The molecule has 4 nitrogen and oxygen atoms in total. The van der Waals surface area contributed by atoms with Crippen LogP contribution < -0.4 is 9.46 Å². The number of sulfonamides is 1. The Balaban J connectivity index is 2.43. The van der Waals surface area contributed by atoms with E-state index >= 15 is 0 Å². The number of rotatable bonds is 5. The van der Waals surface area contributed by atoms with Crippen LogP contribution >= 0.6 is 11.6 Å². The first kappa shape index (κ1) is 17.6. The third kappa shape index (κ3) is 3.98. The molecule has 0 aliphatic carbocycles. The lowest BCUT2D eigenvalue weighted by molar-refractivity contribution is 0.407. The smallest absolute Gasteiger partial charge is 0.261 e. The first-order valence-corrected chi connectivity index (χ1v) is 9.07. The molecule has 0 atom stereocenters. The molecule has 2 aromatic carbocycles. The van der Waals surface area contributed by atoms with Crippen LogP contribution in [-0.2, 0) is 10.0 Å². The zero-order chi connectivity index (χ0) is 17.2. The van der Waals surface area contributed by atoms with Crippen LogP contribution in [-0.4, -0.2) is 15.5 Å². The molecule has 2 rings (SSSR count). The van der Waals surface area contributed by atoms with Gasteiger partial charge in [-0.15, -0.1) is 0 Å². The van der Waals surface area contributed by atoms with Crippen molar-refractivity contribution in [3.05, 3.63) is 52.5 Å². The molecular formula is C17H20ClNO3S. The molecule has 0 radical (unpaired) electrons. The van der Waals surface area contributed by atoms with Crippen molar-refractivity contribution in [3.63, 3.8) is 0 Å². The van der Waals surface area contributed by atoms with Gasteiger partial charge in [-0.3, -0.25) is 4.72 Å². The Labute approximate surface area is 142 Å². The number of methoxy groups -OCH3 is 1. The summed E-state index contributed by atoms with van der Waals surface area (Å²) in [6.45, 7) is 5.90. The van der Waals surface area contributed by atoms with E-state index in [4.69, 9.17) is 16.3 Å². The normalized spacial score (nSPS) is 11.6. The van der Waals surface area contributed by atoms with Crippen LogP contribution in [0.3, 0.4) is 0 Å². The van der Waals surface area contributed by atoms with Gasteiger partial charge in [-0.25, -0.2) is 8.42 Å². The molecule has 1 N–H and O–H groups in total. The van der Waals surface area contributed by atoms with Crippen molar-refractivity contribution < 1.29 is 13.2 Å². The molecule has 0 heterocycles. The topological polar surface area (TPSA) is 55.4 Å². The summed E-state index contributed by atoms with van der Waals surface area (Å²) in [6, 6.07) is 9.73. The highest BCUT2D eigenvalue weighted by Gasteiger charge is 2.18. The summed E-state index contributed by atoms with van der Waals surface area (Å²) in [6.07, 6.45) is 0. The third-order valence-corrected chi connectivity index (χ3v) is 5.20. The molecule has 2 aromatic rings. The van der Waals surface area contributed by atoms with E-state index in [1.54, 1.807) is 19.2 Å². The van der Waals surface area contributed by atoms with E-state index in [2.05, 4.69) is 4.72 Å². The molecule has 0 bridgehead atoms. The summed E-state index contributed by atoms with van der Waals surface area (Å²) in [4.78, 5) is 0.170. The summed E-state index contributed by atoms with van der Waals surface area (Å²) in [7, 11) is -2.05. The van der Waals surface area contributed by atoms with Crippen LogP contribution in [0.4, 0.5) is 5.69 Å². The van der Waals surface area contributed by atoms with Gasteiger partial charge in [0.05, 0.1) is 17.7 Å². The highest BCUT2D eigenvalue weighted by Crippen LogP contribution is 2.33. The fourth-order valence-electron chi connectivity index (χ4n) is 2.25. The highest BCUT2D eigenvalue weighted by molar-refractivity contribution is 7.92. The van der Waals surface area contributed by atoms with Gasteiger partial charge in [-0.2, -0.15) is 0 Å². The molecule has 0 fully saturated rings. The second-order valence-electron chi connectivity index (χ2n) is 5.62. The number of halogens is 1. The average Bonchev–Trinajstić information content (AvgIpc) is 2.48. The molecule has 23 heavy (non-hydrogen) atoms. The minimum absolute atomic E-state index is 0.170. The lowest BCUT2D eigenvalue weighted by atomic mass is 9.99. The van der Waals surface area contributed by atoms with Crippen molar-refractivity contribution in [1.82, 2.24) is 0 Å². The first-order valence-electron chi connectivity index (χ1n) is 7.21. The SMILES string of the molecule is COc1cc(C)c(NS(=O)(=O)c2ccc(Cl)cc2)cc1C(C)C. The Morgan fingerprint density at radius 2 is 1.74 bits per heavy atom. The van der Waals surface area contributed by atoms with Gasteiger partial charge in [0, 0.05) is 5.02 Å². The van der Waals surface area contributed by atoms with Crippen LogP contribution in [0.2, 0.25) is 5.02 Å². The van der Waals surface area contributed by atoms with E-state index in [0.29, 0.717) is 10.7 Å². The number of ether oxygens (including phenoxy) is 1. The maximum absolute atomic E-state index is 12.5. The van der Waals surface area contributed by atoms with Crippen molar-refractivity contribution in [2.75, 3.05) is 11.8 Å². The maximum atomic E-state index is 12.5. The van der Waals surface area contributed by atoms with E-state index in [1.807, 2.05) is 32.9 Å². The molecule has 0 spiro atoms. The lowest BCUT2D eigenvalue weighted by Crippen LogP contribution is -2.14. The minimum Gasteiger partial charge on any atom is -0.496 e. The number of hydrogen-bond donors (Lipinski definition) is 1. The fourth-order valence-corrected chi connectivity index (χ4v) is 3.50. The molecule has 0 saturated heterocycles. The van der Waals surface area contributed by atoms with Gasteiger partial charge in [0.25, 0.3) is 10.0 Å². The standard InChI is InChI=1S/C17H20ClNO3S/c1-11(2)15-10-16(12(3)9-17(15)22-4)19-23(20,21)14-7-5-13(18)6-8-14/h5-11,19H,1-4H3. The molecule has 0 aliphatic heterocycles.